The van der Waals surface area contributed by atoms with Gasteiger partial charge in [0.25, 0.3) is 0 Å². The van der Waals surface area contributed by atoms with Gasteiger partial charge in [-0.2, -0.15) is 0 Å². The van der Waals surface area contributed by atoms with Crippen LogP contribution in [0.2, 0.25) is 0 Å². The Morgan fingerprint density at radius 2 is 1.39 bits per heavy atom. The molecular weight excluding hydrogens is 436 g/mol. The van der Waals surface area contributed by atoms with E-state index in [0.717, 1.165) is 33.9 Å². The van der Waals surface area contributed by atoms with Crippen molar-refractivity contribution in [2.75, 3.05) is 0 Å². The smallest absolute Gasteiger partial charge is 0.0527 e. The Morgan fingerprint density at radius 1 is 0.879 bits per heavy atom. The van der Waals surface area contributed by atoms with Gasteiger partial charge in [-0.25, -0.2) is 0 Å². The average Bonchev–Trinajstić information content (AvgIpc) is 2.78. The second kappa shape index (κ2) is 18.3. The van der Waals surface area contributed by atoms with Crippen LogP contribution in [0.15, 0.2) is 84.3 Å². The van der Waals surface area contributed by atoms with Crippen molar-refractivity contribution in [3.8, 4) is 0 Å². The van der Waals surface area contributed by atoms with Gasteiger partial charge in [-0.3, -0.25) is 0 Å². The molecule has 0 amide bonds. The van der Waals surface area contributed by atoms with Crippen molar-refractivity contribution in [1.29, 1.82) is 0 Å². The molecule has 0 heterocycles. The van der Waals surface area contributed by atoms with Crippen LogP contribution >= 0.6 is 24.0 Å². The summed E-state index contributed by atoms with van der Waals surface area (Å²) in [5.41, 5.74) is 7.26. The maximum atomic E-state index is 5.53. The molecule has 0 nitrogen and oxygen atoms in total. The van der Waals surface area contributed by atoms with E-state index in [1.807, 2.05) is 39.0 Å². The quantitative estimate of drug-likeness (QED) is 0.152. The second-order valence-electron chi connectivity index (χ2n) is 7.96. The van der Waals surface area contributed by atoms with E-state index in [2.05, 4.69) is 83.0 Å². The van der Waals surface area contributed by atoms with Crippen molar-refractivity contribution in [2.24, 2.45) is 0 Å². The molecule has 178 valence electrons. The normalized spacial score (nSPS) is 10.2. The van der Waals surface area contributed by atoms with Crippen molar-refractivity contribution in [3.05, 3.63) is 107 Å². The monoisotopic (exact) mass is 478 g/mol. The van der Waals surface area contributed by atoms with E-state index < -0.39 is 0 Å². The van der Waals surface area contributed by atoms with Gasteiger partial charge in [-0.05, 0) is 76.2 Å². The summed E-state index contributed by atoms with van der Waals surface area (Å²) in [7, 11) is 0. The molecule has 2 aromatic rings. The summed E-state index contributed by atoms with van der Waals surface area (Å²) in [6.07, 6.45) is 8.41. The van der Waals surface area contributed by atoms with Gasteiger partial charge in [0.2, 0.25) is 0 Å². The van der Waals surface area contributed by atoms with Gasteiger partial charge in [0.15, 0.2) is 0 Å². The highest BCUT2D eigenvalue weighted by Gasteiger charge is 2.05. The van der Waals surface area contributed by atoms with Crippen molar-refractivity contribution in [2.45, 2.75) is 67.2 Å². The molecule has 0 N–H and O–H groups in total. The lowest BCUT2D eigenvalue weighted by Gasteiger charge is -2.09. The Hall–Kier alpha value is -2.16. The van der Waals surface area contributed by atoms with Crippen molar-refractivity contribution in [3.63, 3.8) is 0 Å². The first-order chi connectivity index (χ1) is 15.7. The molecular formula is C31H42S2. The maximum absolute atomic E-state index is 5.53. The molecule has 0 unspecified atom stereocenters. The molecule has 2 heteroatoms. The van der Waals surface area contributed by atoms with Gasteiger partial charge in [-0.1, -0.05) is 122 Å². The van der Waals surface area contributed by atoms with E-state index in [1.54, 1.807) is 11.8 Å². The third kappa shape index (κ3) is 15.3. The van der Waals surface area contributed by atoms with Gasteiger partial charge in [0.1, 0.15) is 0 Å². The Balaban J connectivity index is 0.000000770. The fourth-order valence-corrected chi connectivity index (χ4v) is 4.09. The molecule has 0 fully saturated rings. The maximum Gasteiger partial charge on any atom is 0.0527 e. The van der Waals surface area contributed by atoms with Crippen LogP contribution in [-0.2, 0) is 0 Å². The van der Waals surface area contributed by atoms with Crippen LogP contribution in [0.4, 0.5) is 0 Å². The number of thiocarbonyl (C=S) groups is 1. The summed E-state index contributed by atoms with van der Waals surface area (Å²) >= 11 is 7.21. The average molecular weight is 479 g/mol. The van der Waals surface area contributed by atoms with E-state index in [9.17, 15) is 0 Å². The van der Waals surface area contributed by atoms with Gasteiger partial charge in [0.05, 0.1) is 4.20 Å². The lowest BCUT2D eigenvalue weighted by molar-refractivity contribution is 0.763. The minimum Gasteiger partial charge on any atom is -0.100 e. The Morgan fingerprint density at radius 3 is 1.85 bits per heavy atom. The van der Waals surface area contributed by atoms with Crippen LogP contribution in [0.25, 0.3) is 12.2 Å². The minimum absolute atomic E-state index is 0.978. The van der Waals surface area contributed by atoms with Crippen LogP contribution in [0.1, 0.15) is 75.6 Å². The number of aryl methyl sites for hydroxylation is 2. The predicted octanol–water partition coefficient (Wildman–Crippen LogP) is 10.8. The van der Waals surface area contributed by atoms with Gasteiger partial charge >= 0.3 is 0 Å². The van der Waals surface area contributed by atoms with Crippen LogP contribution in [0.3, 0.4) is 0 Å². The lowest BCUT2D eigenvalue weighted by Crippen LogP contribution is -1.91. The molecule has 2 aromatic carbocycles. The zero-order valence-corrected chi connectivity index (χ0v) is 23.2. The first kappa shape index (κ1) is 30.8. The molecule has 0 bridgehead atoms. The molecule has 0 aliphatic rings. The standard InChI is InChI=1S/C20H26S2.C9H10.C2H6/c1-15(2)9-6-7-12-20(21)22-19(16(3)4)14-18-11-8-10-17(5)13-18;1-3-9-6-4-5-8(2)7-9;1-2/h8,10-11,13-14H,1,3,6-7,9,12H2,2,4-5H3;3-7H,1H2,2H3;1-2H3/b19-14-;;. The second-order valence-corrected chi connectivity index (χ2v) is 9.85. The van der Waals surface area contributed by atoms with E-state index >= 15 is 0 Å². The van der Waals surface area contributed by atoms with E-state index in [1.165, 1.54) is 34.2 Å². The number of unbranched alkanes of at least 4 members (excludes halogenated alkanes) is 1. The molecule has 0 aliphatic heterocycles. The number of benzene rings is 2. The summed E-state index contributed by atoms with van der Waals surface area (Å²) in [5.74, 6) is 0. The third-order valence-electron chi connectivity index (χ3n) is 4.50. The number of rotatable bonds is 9. The fourth-order valence-electron chi connectivity index (χ4n) is 2.82. The third-order valence-corrected chi connectivity index (χ3v) is 6.07. The lowest BCUT2D eigenvalue weighted by atomic mass is 10.1. The number of hydrogen-bond donors (Lipinski definition) is 0. The topological polar surface area (TPSA) is 0 Å². The van der Waals surface area contributed by atoms with Gasteiger partial charge < -0.3 is 0 Å². The Bertz CT molecular complexity index is 931. The van der Waals surface area contributed by atoms with Crippen molar-refractivity contribution < 1.29 is 0 Å². The van der Waals surface area contributed by atoms with Gasteiger partial charge in [0, 0.05) is 4.91 Å². The van der Waals surface area contributed by atoms with Crippen molar-refractivity contribution >= 4 is 40.3 Å². The van der Waals surface area contributed by atoms with Crippen LogP contribution in [-0.4, -0.2) is 4.20 Å². The van der Waals surface area contributed by atoms with Gasteiger partial charge in [-0.15, -0.1) is 6.58 Å². The van der Waals surface area contributed by atoms with E-state index in [-0.39, 0.29) is 0 Å². The van der Waals surface area contributed by atoms with E-state index in [4.69, 9.17) is 12.2 Å². The Kier molecular flexibility index (Phi) is 17.1. The molecule has 33 heavy (non-hydrogen) atoms. The SMILES string of the molecule is C=C(C)CCCCC(=S)S/C(=C\c1cccc(C)c1)C(=C)C.C=Cc1cccc(C)c1.CC. The zero-order chi connectivity index (χ0) is 25.2. The first-order valence-corrected chi connectivity index (χ1v) is 12.9. The number of thioether (sulfide) groups is 1. The highest BCUT2D eigenvalue weighted by atomic mass is 32.2. The molecule has 0 atom stereocenters. The molecule has 0 saturated heterocycles. The molecule has 0 aliphatic carbocycles. The summed E-state index contributed by atoms with van der Waals surface area (Å²) in [4.78, 5) is 1.16. The van der Waals surface area contributed by atoms with E-state index in [0.29, 0.717) is 0 Å². The molecule has 2 rings (SSSR count). The number of hydrogen-bond acceptors (Lipinski definition) is 2. The zero-order valence-electron chi connectivity index (χ0n) is 21.5. The summed E-state index contributed by atoms with van der Waals surface area (Å²) in [6.45, 7) is 24.0. The van der Waals surface area contributed by atoms with Crippen molar-refractivity contribution in [1.82, 2.24) is 0 Å². The minimum atomic E-state index is 0.978. The molecule has 0 spiro atoms. The highest BCUT2D eigenvalue weighted by molar-refractivity contribution is 8.25. The number of allylic oxidation sites excluding steroid dienone is 2. The van der Waals surface area contributed by atoms with Crippen LogP contribution in [0.5, 0.6) is 0 Å². The fraction of sp³-hybridized carbons (Fsp3) is 0.323. The first-order valence-electron chi connectivity index (χ1n) is 11.7. The molecule has 0 aromatic heterocycles. The highest BCUT2D eigenvalue weighted by Crippen LogP contribution is 2.29. The Labute approximate surface area is 213 Å². The largest absolute Gasteiger partial charge is 0.100 e. The summed E-state index contributed by atoms with van der Waals surface area (Å²) in [6, 6.07) is 16.7. The molecule has 0 saturated carbocycles. The summed E-state index contributed by atoms with van der Waals surface area (Å²) in [5, 5.41) is 0. The van der Waals surface area contributed by atoms with Crippen LogP contribution in [0, 0.1) is 13.8 Å². The molecule has 0 radical (unpaired) electrons. The predicted molar refractivity (Wildman–Crippen MR) is 160 cm³/mol. The van der Waals surface area contributed by atoms with Crippen LogP contribution < -0.4 is 0 Å². The summed E-state index contributed by atoms with van der Waals surface area (Å²) < 4.78 is 1.05.